The zero-order valence-electron chi connectivity index (χ0n) is 18.2. The second-order valence-corrected chi connectivity index (χ2v) is 8.13. The molecule has 0 N–H and O–H groups in total. The van der Waals surface area contributed by atoms with Gasteiger partial charge in [0.1, 0.15) is 5.60 Å². The van der Waals surface area contributed by atoms with Crippen LogP contribution in [0.2, 0.25) is 0 Å². The van der Waals surface area contributed by atoms with E-state index in [1.807, 2.05) is 112 Å². The zero-order chi connectivity index (χ0) is 22.1. The number of rotatable bonds is 5. The summed E-state index contributed by atoms with van der Waals surface area (Å²) in [6.45, 7) is 5.57. The Morgan fingerprint density at radius 2 is 1.32 bits per heavy atom. The van der Waals surface area contributed by atoms with E-state index in [-0.39, 0.29) is 12.4 Å². The molecular formula is C28H27NO2. The molecule has 0 saturated carbocycles. The molecule has 1 atom stereocenters. The van der Waals surface area contributed by atoms with Crippen molar-refractivity contribution in [2.24, 2.45) is 4.99 Å². The van der Waals surface area contributed by atoms with Crippen LogP contribution in [0, 0.1) is 11.8 Å². The lowest BCUT2D eigenvalue weighted by Crippen LogP contribution is -2.31. The van der Waals surface area contributed by atoms with Crippen LogP contribution in [-0.4, -0.2) is 23.3 Å². The lowest BCUT2D eigenvalue weighted by molar-refractivity contribution is -0.156. The van der Waals surface area contributed by atoms with Crippen LogP contribution in [0.5, 0.6) is 0 Å². The van der Waals surface area contributed by atoms with Gasteiger partial charge in [-0.05, 0) is 32.9 Å². The zero-order valence-corrected chi connectivity index (χ0v) is 18.2. The standard InChI is InChI=1S/C28H27NO2/c1-28(2,3)31-27(30)25(21-13-16-22-14-7-4-8-15-22)29-26(23-17-9-5-10-18-23)24-19-11-6-12-20-24/h4-12,14-15,17-20,25H,21H2,1-3H3/t25-/m1/s1. The first-order chi connectivity index (χ1) is 14.9. The predicted molar refractivity (Wildman–Crippen MR) is 126 cm³/mol. The summed E-state index contributed by atoms with van der Waals surface area (Å²) < 4.78 is 5.66. The van der Waals surface area contributed by atoms with Gasteiger partial charge in [0.25, 0.3) is 0 Å². The minimum Gasteiger partial charge on any atom is -0.458 e. The maximum Gasteiger partial charge on any atom is 0.332 e. The number of hydrogen-bond acceptors (Lipinski definition) is 3. The van der Waals surface area contributed by atoms with Crippen LogP contribution < -0.4 is 0 Å². The fourth-order valence-electron chi connectivity index (χ4n) is 2.99. The number of hydrogen-bond donors (Lipinski definition) is 0. The fourth-order valence-corrected chi connectivity index (χ4v) is 2.99. The predicted octanol–water partition coefficient (Wildman–Crippen LogP) is 5.68. The molecule has 0 bridgehead atoms. The van der Waals surface area contributed by atoms with Crippen LogP contribution in [0.1, 0.15) is 43.9 Å². The number of aliphatic imine (C=N–C) groups is 1. The summed E-state index contributed by atoms with van der Waals surface area (Å²) in [4.78, 5) is 17.9. The summed E-state index contributed by atoms with van der Waals surface area (Å²) in [6, 6.07) is 28.7. The fraction of sp³-hybridized carbons (Fsp3) is 0.214. The molecule has 0 unspecified atom stereocenters. The molecule has 3 nitrogen and oxygen atoms in total. The third-order valence-corrected chi connectivity index (χ3v) is 4.36. The quantitative estimate of drug-likeness (QED) is 0.309. The molecule has 0 saturated heterocycles. The average molecular weight is 410 g/mol. The van der Waals surface area contributed by atoms with Gasteiger partial charge in [-0.2, -0.15) is 0 Å². The first kappa shape index (κ1) is 22.1. The van der Waals surface area contributed by atoms with Gasteiger partial charge in [-0.15, -0.1) is 0 Å². The highest BCUT2D eigenvalue weighted by molar-refractivity contribution is 6.13. The van der Waals surface area contributed by atoms with Crippen LogP contribution in [0.25, 0.3) is 0 Å². The summed E-state index contributed by atoms with van der Waals surface area (Å²) in [6.07, 6.45) is 0.271. The van der Waals surface area contributed by atoms with E-state index in [9.17, 15) is 4.79 Å². The molecule has 0 aromatic heterocycles. The van der Waals surface area contributed by atoms with Crippen molar-refractivity contribution in [1.82, 2.24) is 0 Å². The van der Waals surface area contributed by atoms with Gasteiger partial charge in [0.15, 0.2) is 6.04 Å². The molecule has 0 aliphatic heterocycles. The van der Waals surface area contributed by atoms with Crippen molar-refractivity contribution < 1.29 is 9.53 Å². The number of carbonyl (C=O) groups excluding carboxylic acids is 1. The Morgan fingerprint density at radius 3 is 1.81 bits per heavy atom. The summed E-state index contributed by atoms with van der Waals surface area (Å²) in [5.74, 6) is 5.86. The Balaban J connectivity index is 1.99. The molecule has 0 heterocycles. The van der Waals surface area contributed by atoms with Crippen molar-refractivity contribution >= 4 is 11.7 Å². The van der Waals surface area contributed by atoms with Crippen molar-refractivity contribution in [3.63, 3.8) is 0 Å². The summed E-state index contributed by atoms with van der Waals surface area (Å²) in [7, 11) is 0. The maximum absolute atomic E-state index is 13.0. The van der Waals surface area contributed by atoms with E-state index >= 15 is 0 Å². The van der Waals surface area contributed by atoms with Gasteiger partial charge < -0.3 is 4.74 Å². The second-order valence-electron chi connectivity index (χ2n) is 8.13. The molecule has 0 amide bonds. The van der Waals surface area contributed by atoms with Crippen molar-refractivity contribution in [2.75, 3.05) is 0 Å². The Morgan fingerprint density at radius 1 is 0.839 bits per heavy atom. The highest BCUT2D eigenvalue weighted by Gasteiger charge is 2.25. The average Bonchev–Trinajstić information content (AvgIpc) is 2.77. The SMILES string of the molecule is CC(C)(C)OC(=O)[C@@H](CC#Cc1ccccc1)N=C(c1ccccc1)c1ccccc1. The van der Waals surface area contributed by atoms with Crippen LogP contribution in [0.15, 0.2) is 96.0 Å². The number of ether oxygens (including phenoxy) is 1. The Hall–Kier alpha value is -3.64. The van der Waals surface area contributed by atoms with E-state index in [1.165, 1.54) is 0 Å². The first-order valence-electron chi connectivity index (χ1n) is 10.4. The molecule has 3 aromatic carbocycles. The molecule has 3 rings (SSSR count). The summed E-state index contributed by atoms with van der Waals surface area (Å²) in [5, 5.41) is 0. The minimum atomic E-state index is -0.731. The Bertz CT molecular complexity index is 1030. The number of carbonyl (C=O) groups is 1. The second kappa shape index (κ2) is 10.4. The van der Waals surface area contributed by atoms with Crippen LogP contribution in [-0.2, 0) is 9.53 Å². The molecule has 0 aliphatic rings. The van der Waals surface area contributed by atoms with Gasteiger partial charge >= 0.3 is 5.97 Å². The Kier molecular flexibility index (Phi) is 7.40. The van der Waals surface area contributed by atoms with E-state index in [2.05, 4.69) is 11.8 Å². The van der Waals surface area contributed by atoms with Crippen molar-refractivity contribution in [3.8, 4) is 11.8 Å². The summed E-state index contributed by atoms with van der Waals surface area (Å²) in [5.41, 5.74) is 2.94. The van der Waals surface area contributed by atoms with Crippen molar-refractivity contribution in [3.05, 3.63) is 108 Å². The highest BCUT2D eigenvalue weighted by atomic mass is 16.6. The lowest BCUT2D eigenvalue weighted by atomic mass is 10.0. The number of benzene rings is 3. The van der Waals surface area contributed by atoms with E-state index in [0.717, 1.165) is 22.4 Å². The molecule has 0 fully saturated rings. The molecule has 0 aliphatic carbocycles. The van der Waals surface area contributed by atoms with Gasteiger partial charge in [-0.25, -0.2) is 4.79 Å². The van der Waals surface area contributed by atoms with Gasteiger partial charge in [-0.3, -0.25) is 4.99 Å². The normalized spacial score (nSPS) is 11.6. The van der Waals surface area contributed by atoms with Crippen molar-refractivity contribution in [2.45, 2.75) is 38.8 Å². The van der Waals surface area contributed by atoms with Gasteiger partial charge in [0.05, 0.1) is 5.71 Å². The van der Waals surface area contributed by atoms with E-state index < -0.39 is 11.6 Å². The molecule has 3 aromatic rings. The molecule has 3 heteroatoms. The number of esters is 1. The largest absolute Gasteiger partial charge is 0.458 e. The highest BCUT2D eigenvalue weighted by Crippen LogP contribution is 2.16. The topological polar surface area (TPSA) is 38.7 Å². The first-order valence-corrected chi connectivity index (χ1v) is 10.4. The van der Waals surface area contributed by atoms with Gasteiger partial charge in [0, 0.05) is 23.1 Å². The monoisotopic (exact) mass is 409 g/mol. The molecule has 0 radical (unpaired) electrons. The lowest BCUT2D eigenvalue weighted by Gasteiger charge is -2.22. The van der Waals surface area contributed by atoms with Crippen LogP contribution in [0.4, 0.5) is 0 Å². The maximum atomic E-state index is 13.0. The van der Waals surface area contributed by atoms with E-state index in [4.69, 9.17) is 9.73 Å². The molecule has 0 spiro atoms. The third kappa shape index (κ3) is 6.97. The smallest absolute Gasteiger partial charge is 0.332 e. The molecular weight excluding hydrogens is 382 g/mol. The van der Waals surface area contributed by atoms with Crippen LogP contribution >= 0.6 is 0 Å². The minimum absolute atomic E-state index is 0.271. The number of nitrogens with zero attached hydrogens (tertiary/aromatic N) is 1. The third-order valence-electron chi connectivity index (χ3n) is 4.36. The molecule has 156 valence electrons. The molecule has 31 heavy (non-hydrogen) atoms. The summed E-state index contributed by atoms with van der Waals surface area (Å²) >= 11 is 0. The van der Waals surface area contributed by atoms with Gasteiger partial charge in [0.2, 0.25) is 0 Å². The van der Waals surface area contributed by atoms with Crippen molar-refractivity contribution in [1.29, 1.82) is 0 Å². The van der Waals surface area contributed by atoms with Gasteiger partial charge in [-0.1, -0.05) is 90.7 Å². The van der Waals surface area contributed by atoms with E-state index in [0.29, 0.717) is 0 Å². The van der Waals surface area contributed by atoms with E-state index in [1.54, 1.807) is 0 Å². The Labute approximate surface area is 184 Å². The van der Waals surface area contributed by atoms with Crippen LogP contribution in [0.3, 0.4) is 0 Å².